The molecule has 1 aromatic carbocycles. The Bertz CT molecular complexity index is 698. The fourth-order valence-electron chi connectivity index (χ4n) is 3.33. The summed E-state index contributed by atoms with van der Waals surface area (Å²) in [6.45, 7) is 7.48. The first-order valence-corrected chi connectivity index (χ1v) is 9.51. The minimum absolute atomic E-state index is 0.0748. The van der Waals surface area contributed by atoms with E-state index in [2.05, 4.69) is 5.32 Å². The van der Waals surface area contributed by atoms with Gasteiger partial charge in [0.15, 0.2) is 11.5 Å². The number of nitrogens with one attached hydrogen (secondary N) is 1. The molecule has 2 heterocycles. The molecule has 1 N–H and O–H groups in total. The highest BCUT2D eigenvalue weighted by Crippen LogP contribution is 2.33. The van der Waals surface area contributed by atoms with Gasteiger partial charge in [-0.1, -0.05) is 6.07 Å². The fraction of sp³-hybridized carbons (Fsp3) is 0.600. The summed E-state index contributed by atoms with van der Waals surface area (Å²) in [6.07, 6.45) is 2.49. The van der Waals surface area contributed by atoms with Gasteiger partial charge < -0.3 is 24.4 Å². The van der Waals surface area contributed by atoms with Crippen LogP contribution in [0.4, 0.5) is 4.79 Å². The second-order valence-corrected chi connectivity index (χ2v) is 7.86. The Labute approximate surface area is 160 Å². The monoisotopic (exact) mass is 376 g/mol. The zero-order valence-electron chi connectivity index (χ0n) is 16.2. The van der Waals surface area contributed by atoms with Crippen LogP contribution in [0.5, 0.6) is 11.5 Å². The van der Waals surface area contributed by atoms with Gasteiger partial charge in [-0.3, -0.25) is 4.79 Å². The number of benzene rings is 1. The summed E-state index contributed by atoms with van der Waals surface area (Å²) in [5.41, 5.74) is -0.0882. The normalized spacial score (nSPS) is 19.4. The van der Waals surface area contributed by atoms with Crippen LogP contribution >= 0.6 is 0 Å². The first-order chi connectivity index (χ1) is 12.8. The Morgan fingerprint density at radius 1 is 1.22 bits per heavy atom. The van der Waals surface area contributed by atoms with Crippen molar-refractivity contribution in [3.8, 4) is 11.5 Å². The molecule has 0 aliphatic carbocycles. The number of amides is 2. The lowest BCUT2D eigenvalue weighted by molar-refractivity contribution is 0.00985. The molecular weight excluding hydrogens is 348 g/mol. The van der Waals surface area contributed by atoms with E-state index < -0.39 is 5.60 Å². The van der Waals surface area contributed by atoms with Gasteiger partial charge in [-0.05, 0) is 52.2 Å². The molecule has 1 atom stereocenters. The molecule has 3 rings (SSSR count). The van der Waals surface area contributed by atoms with Crippen molar-refractivity contribution >= 4 is 12.0 Å². The summed E-state index contributed by atoms with van der Waals surface area (Å²) in [6, 6.07) is 5.21. The number of likely N-dealkylation sites (tertiary alicyclic amines) is 1. The minimum Gasteiger partial charge on any atom is -0.486 e. The molecule has 1 fully saturated rings. The second-order valence-electron chi connectivity index (χ2n) is 7.86. The molecule has 1 aromatic rings. The van der Waals surface area contributed by atoms with E-state index in [1.54, 1.807) is 23.1 Å². The number of nitrogens with zero attached hydrogens (tertiary/aromatic N) is 1. The van der Waals surface area contributed by atoms with Gasteiger partial charge in [0.05, 0.1) is 11.6 Å². The van der Waals surface area contributed by atoms with Crippen LogP contribution < -0.4 is 14.8 Å². The molecule has 0 saturated carbocycles. The Balaban J connectivity index is 1.64. The van der Waals surface area contributed by atoms with E-state index in [1.807, 2.05) is 20.8 Å². The number of hydrogen-bond donors (Lipinski definition) is 1. The molecule has 0 bridgehead atoms. The van der Waals surface area contributed by atoms with Crippen LogP contribution in [0.1, 0.15) is 50.4 Å². The topological polar surface area (TPSA) is 77.1 Å². The highest BCUT2D eigenvalue weighted by molar-refractivity contribution is 5.97. The number of fused-ring (bicyclic) bond motifs is 1. The SMILES string of the molecule is CC(C)(C)OC(=O)N1CCCCC1CNC(=O)c1cccc2c1OCCO2. The van der Waals surface area contributed by atoms with E-state index in [-0.39, 0.29) is 18.0 Å². The van der Waals surface area contributed by atoms with Crippen molar-refractivity contribution in [2.45, 2.75) is 51.7 Å². The zero-order chi connectivity index (χ0) is 19.4. The van der Waals surface area contributed by atoms with E-state index in [9.17, 15) is 9.59 Å². The van der Waals surface area contributed by atoms with Crippen molar-refractivity contribution < 1.29 is 23.8 Å². The molecule has 7 heteroatoms. The molecule has 2 aliphatic rings. The third-order valence-corrected chi connectivity index (χ3v) is 4.56. The highest BCUT2D eigenvalue weighted by Gasteiger charge is 2.31. The summed E-state index contributed by atoms with van der Waals surface area (Å²) >= 11 is 0. The number of hydrogen-bond acceptors (Lipinski definition) is 5. The van der Waals surface area contributed by atoms with Crippen LogP contribution in [0.3, 0.4) is 0 Å². The van der Waals surface area contributed by atoms with Crippen LogP contribution in [0.25, 0.3) is 0 Å². The molecule has 148 valence electrons. The fourth-order valence-corrected chi connectivity index (χ4v) is 3.33. The first-order valence-electron chi connectivity index (χ1n) is 9.51. The van der Waals surface area contributed by atoms with E-state index in [1.165, 1.54) is 0 Å². The maximum absolute atomic E-state index is 12.7. The average molecular weight is 376 g/mol. The van der Waals surface area contributed by atoms with Gasteiger partial charge in [0.25, 0.3) is 5.91 Å². The van der Waals surface area contributed by atoms with Crippen LogP contribution in [0, 0.1) is 0 Å². The van der Waals surface area contributed by atoms with Gasteiger partial charge >= 0.3 is 6.09 Å². The minimum atomic E-state index is -0.539. The molecule has 0 aromatic heterocycles. The summed E-state index contributed by atoms with van der Waals surface area (Å²) < 4.78 is 16.7. The Morgan fingerprint density at radius 2 is 2.00 bits per heavy atom. The van der Waals surface area contributed by atoms with Crippen molar-refractivity contribution in [3.63, 3.8) is 0 Å². The maximum Gasteiger partial charge on any atom is 0.410 e. The van der Waals surface area contributed by atoms with Crippen molar-refractivity contribution in [3.05, 3.63) is 23.8 Å². The van der Waals surface area contributed by atoms with Crippen LogP contribution in [-0.2, 0) is 4.74 Å². The summed E-state index contributed by atoms with van der Waals surface area (Å²) in [5, 5.41) is 2.94. The van der Waals surface area contributed by atoms with Crippen molar-refractivity contribution in [2.24, 2.45) is 0 Å². The molecule has 27 heavy (non-hydrogen) atoms. The Morgan fingerprint density at radius 3 is 2.78 bits per heavy atom. The third-order valence-electron chi connectivity index (χ3n) is 4.56. The lowest BCUT2D eigenvalue weighted by Crippen LogP contribution is -2.50. The van der Waals surface area contributed by atoms with Crippen LogP contribution in [0.15, 0.2) is 18.2 Å². The number of rotatable bonds is 3. The number of para-hydroxylation sites is 1. The Kier molecular flexibility index (Phi) is 5.77. The number of carbonyl (C=O) groups excluding carboxylic acids is 2. The predicted molar refractivity (Wildman–Crippen MR) is 100 cm³/mol. The van der Waals surface area contributed by atoms with Gasteiger partial charge in [0, 0.05) is 13.1 Å². The molecule has 2 aliphatic heterocycles. The van der Waals surface area contributed by atoms with E-state index in [0.29, 0.717) is 43.4 Å². The first kappa shape index (κ1) is 19.3. The van der Waals surface area contributed by atoms with E-state index >= 15 is 0 Å². The molecule has 1 saturated heterocycles. The molecule has 0 spiro atoms. The summed E-state index contributed by atoms with van der Waals surface area (Å²) in [5.74, 6) is 0.836. The molecule has 2 amide bonds. The summed E-state index contributed by atoms with van der Waals surface area (Å²) in [7, 11) is 0. The van der Waals surface area contributed by atoms with E-state index in [0.717, 1.165) is 19.3 Å². The highest BCUT2D eigenvalue weighted by atomic mass is 16.6. The lowest BCUT2D eigenvalue weighted by Gasteiger charge is -2.36. The largest absolute Gasteiger partial charge is 0.486 e. The maximum atomic E-state index is 12.7. The standard InChI is InChI=1S/C20H28N2O5/c1-20(2,3)27-19(24)22-10-5-4-7-14(22)13-21-18(23)15-8-6-9-16-17(15)26-12-11-25-16/h6,8-9,14H,4-5,7,10-13H2,1-3H3,(H,21,23). The van der Waals surface area contributed by atoms with Gasteiger partial charge in [-0.15, -0.1) is 0 Å². The van der Waals surface area contributed by atoms with Gasteiger partial charge in [-0.25, -0.2) is 4.79 Å². The van der Waals surface area contributed by atoms with Crippen molar-refractivity contribution in [1.82, 2.24) is 10.2 Å². The zero-order valence-corrected chi connectivity index (χ0v) is 16.2. The average Bonchev–Trinajstić information content (AvgIpc) is 2.64. The predicted octanol–water partition coefficient (Wildman–Crippen LogP) is 2.98. The number of ether oxygens (including phenoxy) is 3. The van der Waals surface area contributed by atoms with Crippen molar-refractivity contribution in [1.29, 1.82) is 0 Å². The third kappa shape index (κ3) is 4.84. The molecule has 7 nitrogen and oxygen atoms in total. The molecule has 0 radical (unpaired) electrons. The van der Waals surface area contributed by atoms with Crippen LogP contribution in [-0.4, -0.2) is 54.8 Å². The second kappa shape index (κ2) is 8.06. The van der Waals surface area contributed by atoms with Gasteiger partial charge in [0.2, 0.25) is 0 Å². The Hall–Kier alpha value is -2.44. The lowest BCUT2D eigenvalue weighted by atomic mass is 10.0. The quantitative estimate of drug-likeness (QED) is 0.878. The van der Waals surface area contributed by atoms with E-state index in [4.69, 9.17) is 14.2 Å². The van der Waals surface area contributed by atoms with Gasteiger partial charge in [-0.2, -0.15) is 0 Å². The summed E-state index contributed by atoms with van der Waals surface area (Å²) in [4.78, 5) is 26.9. The smallest absolute Gasteiger partial charge is 0.410 e. The number of piperidine rings is 1. The van der Waals surface area contributed by atoms with Crippen LogP contribution in [0.2, 0.25) is 0 Å². The van der Waals surface area contributed by atoms with Gasteiger partial charge in [0.1, 0.15) is 18.8 Å². The number of carbonyl (C=O) groups is 2. The van der Waals surface area contributed by atoms with Crippen molar-refractivity contribution in [2.75, 3.05) is 26.3 Å². The molecular formula is C20H28N2O5. The molecule has 1 unspecified atom stereocenters.